The Morgan fingerprint density at radius 2 is 1.46 bits per heavy atom. The van der Waals surface area contributed by atoms with Crippen LogP contribution in [0, 0.1) is 5.92 Å². The van der Waals surface area contributed by atoms with Crippen LogP contribution in [0.25, 0.3) is 10.9 Å². The first-order chi connectivity index (χ1) is 63.7. The number of methoxy groups -OCH3 is 2. The summed E-state index contributed by atoms with van der Waals surface area (Å²) in [5.74, 6) is -11.2. The number of para-hydroxylation sites is 1. The van der Waals surface area contributed by atoms with Crippen molar-refractivity contribution in [3.63, 3.8) is 0 Å². The van der Waals surface area contributed by atoms with Gasteiger partial charge in [-0.05, 0) is 132 Å². The number of aromatic nitrogens is 1. The fourth-order valence-electron chi connectivity index (χ4n) is 15.8. The summed E-state index contributed by atoms with van der Waals surface area (Å²) < 4.78 is 28.5. The number of primary amides is 1. The Bertz CT molecular complexity index is 5240. The Balaban J connectivity index is 0.890. The van der Waals surface area contributed by atoms with Crippen molar-refractivity contribution in [3.05, 3.63) is 184 Å². The average Bonchev–Trinajstić information content (AvgIpc) is 1.57. The number of ether oxygens (including phenoxy) is 5. The van der Waals surface area contributed by atoms with E-state index in [1.54, 1.807) is 137 Å². The Hall–Kier alpha value is -11.1. The molecule has 4 aliphatic heterocycles. The number of H-pyrrole nitrogens is 1. The number of aromatic hydroxyl groups is 1. The molecule has 13 amide bonds. The molecular formula is C93H120ClN15O21S4. The van der Waals surface area contributed by atoms with Gasteiger partial charge in [0, 0.05) is 105 Å². The number of esters is 1. The lowest BCUT2D eigenvalue weighted by molar-refractivity contribution is -0.162. The number of unbranched alkanes of at least 4 members (excludes halogenated alkanes) is 1. The fraction of sp³-hybridized carbons (Fsp3) is 0.473. The lowest BCUT2D eigenvalue weighted by Gasteiger charge is -2.42. The molecule has 36 nitrogen and oxygen atoms in total. The van der Waals surface area contributed by atoms with Crippen LogP contribution in [0.4, 0.5) is 15.3 Å². The zero-order chi connectivity index (χ0) is 97.5. The van der Waals surface area contributed by atoms with Crippen LogP contribution >= 0.6 is 54.8 Å². The third kappa shape index (κ3) is 28.5. The lowest BCUT2D eigenvalue weighted by atomic mass is 9.83. The van der Waals surface area contributed by atoms with Gasteiger partial charge in [-0.15, -0.1) is 0 Å². The molecule has 18 N–H and O–H groups in total. The van der Waals surface area contributed by atoms with Gasteiger partial charge < -0.3 is 113 Å². The second-order valence-electron chi connectivity index (χ2n) is 34.4. The molecule has 0 unspecified atom stereocenters. The first kappa shape index (κ1) is 105. The molecule has 41 heteroatoms. The van der Waals surface area contributed by atoms with Crippen LogP contribution in [0.5, 0.6) is 11.5 Å². The Morgan fingerprint density at radius 3 is 2.13 bits per heavy atom. The van der Waals surface area contributed by atoms with E-state index in [1.807, 2.05) is 19.1 Å². The third-order valence-corrected chi connectivity index (χ3v) is 30.0. The maximum absolute atomic E-state index is 15.5. The summed E-state index contributed by atoms with van der Waals surface area (Å²) in [6.07, 6.45) is -0.758. The minimum atomic E-state index is -1.97. The van der Waals surface area contributed by atoms with E-state index in [-0.39, 0.29) is 91.8 Å². The van der Waals surface area contributed by atoms with Crippen LogP contribution in [0.3, 0.4) is 0 Å². The van der Waals surface area contributed by atoms with Crippen molar-refractivity contribution in [2.75, 3.05) is 57.0 Å². The molecule has 0 spiro atoms. The van der Waals surface area contributed by atoms with Crippen LogP contribution in [-0.2, 0) is 104 Å². The number of likely N-dealkylation sites (N-methyl/N-ethyl adjacent to an activating group) is 1. The molecule has 0 saturated carbocycles. The van der Waals surface area contributed by atoms with E-state index in [1.165, 1.54) is 71.3 Å². The molecule has 134 heavy (non-hydrogen) atoms. The molecule has 3 fully saturated rings. The number of aromatic amines is 1. The molecule has 5 aromatic carbocycles. The number of alkyl carbamates (subject to hydrolysis) is 1. The van der Waals surface area contributed by atoms with Gasteiger partial charge in [0.1, 0.15) is 94.8 Å². The summed E-state index contributed by atoms with van der Waals surface area (Å²) in [4.78, 5) is 196. The first-order valence-electron chi connectivity index (χ1n) is 43.9. The van der Waals surface area contributed by atoms with Crippen LogP contribution in [0.15, 0.2) is 151 Å². The highest BCUT2D eigenvalue weighted by Gasteiger charge is 2.65. The van der Waals surface area contributed by atoms with Gasteiger partial charge in [-0.25, -0.2) is 14.4 Å². The molecule has 4 bridgehead atoms. The van der Waals surface area contributed by atoms with Gasteiger partial charge in [-0.2, -0.15) is 0 Å². The van der Waals surface area contributed by atoms with Crippen molar-refractivity contribution in [1.29, 1.82) is 0 Å². The van der Waals surface area contributed by atoms with Gasteiger partial charge in [0.15, 0.2) is 5.72 Å². The van der Waals surface area contributed by atoms with Gasteiger partial charge >= 0.3 is 18.1 Å². The summed E-state index contributed by atoms with van der Waals surface area (Å²) in [7, 11) is 9.65. The number of nitrogens with zero attached hydrogens (tertiary/aromatic N) is 2. The number of aliphatic hydroxyl groups excluding tert-OH is 1. The molecule has 5 heterocycles. The monoisotopic (exact) mass is 1950 g/mol. The minimum Gasteiger partial charge on any atom is -0.508 e. The van der Waals surface area contributed by atoms with Gasteiger partial charge in [-0.1, -0.05) is 176 Å². The number of phenolic OH excluding ortho intramolecular Hbond substituents is 1. The zero-order valence-electron chi connectivity index (χ0n) is 76.4. The number of rotatable bonds is 30. The molecule has 0 radical (unpaired) electrons. The molecule has 10 rings (SSSR count). The number of fused-ring (bicyclic) bond motifs is 6. The highest BCUT2D eigenvalue weighted by Crippen LogP contribution is 2.50. The number of carbonyl (C=O) groups is 13. The summed E-state index contributed by atoms with van der Waals surface area (Å²) in [5, 5.41) is 61.8. The van der Waals surface area contributed by atoms with Gasteiger partial charge in [0.2, 0.25) is 59.1 Å². The second-order valence-corrected chi connectivity index (χ2v) is 40.4. The van der Waals surface area contributed by atoms with Crippen molar-refractivity contribution < 1.29 is 101 Å². The number of nitrogens with one attached hydrogen (secondary N) is 11. The zero-order valence-corrected chi connectivity index (χ0v) is 80.4. The number of hydrogen-bond donors (Lipinski definition) is 16. The van der Waals surface area contributed by atoms with E-state index >= 15 is 24.0 Å². The van der Waals surface area contributed by atoms with Crippen LogP contribution in [0.1, 0.15) is 115 Å². The van der Waals surface area contributed by atoms with E-state index in [0.29, 0.717) is 46.0 Å². The number of anilines is 1. The Morgan fingerprint density at radius 1 is 0.806 bits per heavy atom. The number of nitrogens with two attached hydrogens (primary N) is 2. The van der Waals surface area contributed by atoms with Gasteiger partial charge in [-0.3, -0.25) is 53.3 Å². The maximum Gasteiger partial charge on any atom is 0.409 e. The van der Waals surface area contributed by atoms with Crippen LogP contribution in [0.2, 0.25) is 5.02 Å². The molecule has 17 atom stereocenters. The average molecular weight is 1950 g/mol. The molecule has 3 saturated heterocycles. The predicted molar refractivity (Wildman–Crippen MR) is 511 cm³/mol. The molecule has 724 valence electrons. The smallest absolute Gasteiger partial charge is 0.409 e. The molecule has 0 aliphatic carbocycles. The van der Waals surface area contributed by atoms with Crippen molar-refractivity contribution in [3.8, 4) is 11.5 Å². The quantitative estimate of drug-likeness (QED) is 0.0112. The fourth-order valence-corrected chi connectivity index (χ4v) is 21.1. The van der Waals surface area contributed by atoms with Gasteiger partial charge in [0.25, 0.3) is 0 Å². The number of urea groups is 1. The lowest BCUT2D eigenvalue weighted by Crippen LogP contribution is -2.63. The van der Waals surface area contributed by atoms with E-state index in [4.69, 9.17) is 46.8 Å². The van der Waals surface area contributed by atoms with Crippen molar-refractivity contribution in [2.24, 2.45) is 17.4 Å². The highest BCUT2D eigenvalue weighted by atomic mass is 35.5. The Kier molecular flexibility index (Phi) is 37.9. The second kappa shape index (κ2) is 48.4. The van der Waals surface area contributed by atoms with Crippen molar-refractivity contribution >= 4 is 149 Å². The summed E-state index contributed by atoms with van der Waals surface area (Å²) in [6, 6.07) is 19.3. The Labute approximate surface area is 798 Å². The number of phenols is 1. The minimum absolute atomic E-state index is 0.0256. The maximum atomic E-state index is 15.5. The number of halogens is 1. The van der Waals surface area contributed by atoms with Crippen LogP contribution in [-0.4, -0.2) is 255 Å². The molecular weight excluding hydrogens is 1830 g/mol. The predicted octanol–water partition coefficient (Wildman–Crippen LogP) is 5.63. The summed E-state index contributed by atoms with van der Waals surface area (Å²) in [6.45, 7) is 11.3. The van der Waals surface area contributed by atoms with Gasteiger partial charge in [0.05, 0.1) is 31.4 Å². The van der Waals surface area contributed by atoms with Crippen molar-refractivity contribution in [1.82, 2.24) is 63.1 Å². The van der Waals surface area contributed by atoms with E-state index in [2.05, 4.69) is 58.2 Å². The number of carbonyl (C=O) groups excluding carboxylic acids is 13. The van der Waals surface area contributed by atoms with E-state index in [0.717, 1.165) is 59.2 Å². The number of aliphatic hydroxyl groups is 2. The van der Waals surface area contributed by atoms with Crippen molar-refractivity contribution in [2.45, 2.75) is 220 Å². The number of epoxide rings is 1. The number of benzene rings is 5. The normalized spacial score (nSPS) is 25.2. The number of hydrogen-bond acceptors (Lipinski definition) is 26. The standard InChI is InChI=1S/C93H120ClN15O21S4/c1-51-23-22-31-72(127-11)93(125)46-71(128-90(124)107-93)52(2)79-92(7,130-79)73(45-75(113)109(9)69-42-58(39-51)43-70(126-10)76(69)94)129-88(122)53(3)108(8)74(112)36-38-131-134-91(5,6)78(80(96)114)106-86(120)68-50-133-132-49-67(102-83(117)65(40-55-24-14-12-15-25-55)104-89(123)98-47-57-26-16-13-17-27-57)85(119)100-64(41-56-32-34-60(111)35-33-56)82(116)101-66(44-59-48-97-62-29-19-18-28-61(59)62)84(118)99-63(30-20-21-37-95)81(115)105-77(54(4)110)87(121)103-68/h12-19,22-29,31-35,42-43,48,52-54,63-68,71-73,77-79,97,110-111,125H,20-21,30,36-41,44-47,49-50,95H2,1-11H3,(H2,96,114)(H,99,118)(H,100,119)(H,101,116)(H,102,117)(H,103,121)(H,105,115)(H,106,120)(H,107,124)(H2,98,104,123)/b31-22+,51-23+/t52-,53+,54-,63+,64+,65-,66-,67+,68+,71+,72-,73+,77+,78+,79+,92+,93+/m1/s1. The highest BCUT2D eigenvalue weighted by molar-refractivity contribution is 8.77. The van der Waals surface area contributed by atoms with E-state index < -0.39 is 196 Å². The molecule has 1 aromatic heterocycles. The van der Waals surface area contributed by atoms with Crippen LogP contribution < -0.4 is 74.3 Å². The first-order valence-corrected chi connectivity index (χ1v) is 49.1. The molecule has 6 aromatic rings. The molecule has 4 aliphatic rings. The largest absolute Gasteiger partial charge is 0.508 e. The summed E-state index contributed by atoms with van der Waals surface area (Å²) in [5.41, 5.74) is 13.5. The number of amides is 13. The third-order valence-electron chi connectivity index (χ3n) is 23.9. The van der Waals surface area contributed by atoms with E-state index in [9.17, 15) is 53.7 Å². The topological polar surface area (TPSA) is 527 Å². The number of allylic oxidation sites excluding steroid dienone is 3. The summed E-state index contributed by atoms with van der Waals surface area (Å²) >= 11 is 6.92. The SMILES string of the molecule is COc1cc2cc(c1Cl)N(C)C(=O)C[C@H](OC(=O)[C@H](C)N(C)C(=O)CCSSC(C)(C)[C@@H](NC(=O)[C@@H]1CSSC[C@H](NC(=O)[C@@H](Cc3ccccc3)NC(=O)NCc3ccccc3)C(=O)N[C@@H](Cc3ccc(O)cc3)C(=O)N[C@H](Cc3c[nH]c4ccccc34)C(=O)N[C@@H](CCCCN)C(=O)N[C@@H]([C@@H](C)O)C(=O)N1)C(N)=O)[C@]1(C)O[C@H]1[C@H](C)[C@@H]1C[C@@](O)(NC(=O)O1)[C@H](OC)/C=C/C=C(\C)C2.